The number of nitrogens with one attached hydrogen (secondary N) is 2. The number of benzene rings is 1. The molecular formula is C28H40N6O2. The highest BCUT2D eigenvalue weighted by Gasteiger charge is 2.21. The number of ether oxygens (including phenoxy) is 1. The fourth-order valence-corrected chi connectivity index (χ4v) is 3.88. The molecule has 36 heavy (non-hydrogen) atoms. The van der Waals surface area contributed by atoms with Crippen LogP contribution in [0.25, 0.3) is 17.2 Å². The molecule has 2 N–H and O–H groups in total. The van der Waals surface area contributed by atoms with E-state index >= 15 is 0 Å². The quantitative estimate of drug-likeness (QED) is 0.289. The summed E-state index contributed by atoms with van der Waals surface area (Å²) in [4.78, 5) is 27.1. The highest BCUT2D eigenvalue weighted by atomic mass is 16.5. The fourth-order valence-electron chi connectivity index (χ4n) is 3.88. The summed E-state index contributed by atoms with van der Waals surface area (Å²) < 4.78 is 7.22. The third-order valence-electron chi connectivity index (χ3n) is 5.75. The van der Waals surface area contributed by atoms with Gasteiger partial charge in [-0.25, -0.2) is 9.97 Å². The zero-order chi connectivity index (χ0) is 25.8. The van der Waals surface area contributed by atoms with Crippen LogP contribution in [-0.4, -0.2) is 51.2 Å². The molecule has 2 heterocycles. The number of nitrogens with zero attached hydrogens (tertiary/aromatic N) is 4. The Kier molecular flexibility index (Phi) is 10.9. The fraction of sp³-hybridized carbons (Fsp3) is 0.500. The van der Waals surface area contributed by atoms with Crippen molar-refractivity contribution in [1.82, 2.24) is 24.8 Å². The molecular weight excluding hydrogens is 452 g/mol. The molecule has 8 nitrogen and oxygen atoms in total. The van der Waals surface area contributed by atoms with Gasteiger partial charge in [0.05, 0.1) is 5.69 Å². The summed E-state index contributed by atoms with van der Waals surface area (Å²) in [6, 6.07) is 11.6. The third kappa shape index (κ3) is 8.45. The second kappa shape index (κ2) is 14.3. The minimum Gasteiger partial charge on any atom is -0.382 e. The first kappa shape index (κ1) is 27.3. The van der Waals surface area contributed by atoms with E-state index in [0.29, 0.717) is 43.9 Å². The Hall–Kier alpha value is -3.26. The molecule has 3 aromatic rings. The number of carbonyl (C=O) groups is 1. The minimum atomic E-state index is -0.387. The molecule has 194 valence electrons. The van der Waals surface area contributed by atoms with Crippen molar-refractivity contribution in [2.24, 2.45) is 5.92 Å². The van der Waals surface area contributed by atoms with Crippen LogP contribution >= 0.6 is 0 Å². The molecule has 3 rings (SSSR count). The molecule has 1 amide bonds. The number of hydrogen-bond acceptors (Lipinski definition) is 6. The number of hydrogen-bond donors (Lipinski definition) is 2. The Morgan fingerprint density at radius 1 is 1.11 bits per heavy atom. The monoisotopic (exact) mass is 492 g/mol. The molecule has 0 aliphatic rings. The van der Waals surface area contributed by atoms with Crippen LogP contribution in [0.15, 0.2) is 48.9 Å². The molecule has 2 aromatic heterocycles. The summed E-state index contributed by atoms with van der Waals surface area (Å²) in [5.41, 5.74) is 2.84. The van der Waals surface area contributed by atoms with Gasteiger partial charge in [-0.15, -0.1) is 0 Å². The summed E-state index contributed by atoms with van der Waals surface area (Å²) in [5, 5.41) is 6.44. The van der Waals surface area contributed by atoms with Gasteiger partial charge in [0.1, 0.15) is 18.2 Å². The number of anilines is 1. The van der Waals surface area contributed by atoms with Crippen molar-refractivity contribution in [3.8, 4) is 17.2 Å². The van der Waals surface area contributed by atoms with E-state index in [9.17, 15) is 4.79 Å². The first-order chi connectivity index (χ1) is 17.5. The van der Waals surface area contributed by atoms with Crippen LogP contribution in [0.1, 0.15) is 59.1 Å². The Morgan fingerprint density at radius 3 is 2.64 bits per heavy atom. The molecule has 0 aliphatic heterocycles. The van der Waals surface area contributed by atoms with E-state index in [0.717, 1.165) is 42.6 Å². The van der Waals surface area contributed by atoms with Crippen molar-refractivity contribution < 1.29 is 9.53 Å². The van der Waals surface area contributed by atoms with E-state index in [1.54, 1.807) is 6.33 Å². The van der Waals surface area contributed by atoms with Gasteiger partial charge in [-0.3, -0.25) is 9.36 Å². The van der Waals surface area contributed by atoms with E-state index in [2.05, 4.69) is 36.4 Å². The van der Waals surface area contributed by atoms with Crippen LogP contribution in [0.3, 0.4) is 0 Å². The second-order valence-corrected chi connectivity index (χ2v) is 9.35. The Bertz CT molecular complexity index is 1070. The molecule has 1 atom stereocenters. The largest absolute Gasteiger partial charge is 0.382 e. The first-order valence-corrected chi connectivity index (χ1v) is 13.1. The Balaban J connectivity index is 1.82. The van der Waals surface area contributed by atoms with Gasteiger partial charge >= 0.3 is 0 Å². The van der Waals surface area contributed by atoms with Crippen molar-refractivity contribution in [1.29, 1.82) is 0 Å². The van der Waals surface area contributed by atoms with Crippen LogP contribution in [0, 0.1) is 5.92 Å². The van der Waals surface area contributed by atoms with Gasteiger partial charge in [-0.1, -0.05) is 57.5 Å². The lowest BCUT2D eigenvalue weighted by atomic mass is 10.0. The van der Waals surface area contributed by atoms with Gasteiger partial charge in [-0.2, -0.15) is 4.98 Å². The van der Waals surface area contributed by atoms with E-state index in [-0.39, 0.29) is 11.9 Å². The molecule has 1 aromatic carbocycles. The second-order valence-electron chi connectivity index (χ2n) is 9.35. The summed E-state index contributed by atoms with van der Waals surface area (Å²) in [6.45, 7) is 10.3. The number of unbranched alkanes of at least 4 members (excludes halogenated alkanes) is 1. The molecule has 0 aliphatic carbocycles. The zero-order valence-corrected chi connectivity index (χ0v) is 22.0. The molecule has 0 unspecified atom stereocenters. The highest BCUT2D eigenvalue weighted by molar-refractivity contribution is 5.84. The van der Waals surface area contributed by atoms with Gasteiger partial charge in [0.25, 0.3) is 0 Å². The zero-order valence-electron chi connectivity index (χ0n) is 22.0. The van der Waals surface area contributed by atoms with E-state index in [4.69, 9.17) is 14.7 Å². The van der Waals surface area contributed by atoms with Crippen molar-refractivity contribution in [3.05, 3.63) is 54.6 Å². The third-order valence-corrected chi connectivity index (χ3v) is 5.75. The first-order valence-electron chi connectivity index (χ1n) is 13.1. The maximum Gasteiger partial charge on any atom is 0.242 e. The standard InChI is InChI=1S/C28H40N6O2/c1-5-7-14-23-18-26(32-24(17-21(3)4)27(35)29-15-11-16-36-6-2)33-28(31-23)34-19-25(30-20-34)22-12-9-8-10-13-22/h8-10,12-13,18-21,24H,5-7,11,14-17H2,1-4H3,(H,29,35)(H,31,32,33)/t24-/m0/s1. The summed E-state index contributed by atoms with van der Waals surface area (Å²) in [6.07, 6.45) is 8.12. The Labute approximate surface area is 214 Å². The van der Waals surface area contributed by atoms with Crippen molar-refractivity contribution in [2.75, 3.05) is 25.1 Å². The maximum absolute atomic E-state index is 13.0. The number of aromatic nitrogens is 4. The minimum absolute atomic E-state index is 0.0236. The molecule has 0 spiro atoms. The molecule has 0 saturated heterocycles. The number of amides is 1. The van der Waals surface area contributed by atoms with Crippen LogP contribution in [0.5, 0.6) is 0 Å². The molecule has 0 radical (unpaired) electrons. The lowest BCUT2D eigenvalue weighted by Crippen LogP contribution is -2.41. The summed E-state index contributed by atoms with van der Waals surface area (Å²) in [5.74, 6) is 1.52. The van der Waals surface area contributed by atoms with Crippen LogP contribution in [0.4, 0.5) is 5.82 Å². The van der Waals surface area contributed by atoms with Crippen LogP contribution in [-0.2, 0) is 16.0 Å². The number of rotatable bonds is 15. The molecule has 0 fully saturated rings. The lowest BCUT2D eigenvalue weighted by molar-refractivity contribution is -0.122. The average Bonchev–Trinajstić information content (AvgIpc) is 3.37. The van der Waals surface area contributed by atoms with Crippen molar-refractivity contribution in [2.45, 2.75) is 65.8 Å². The van der Waals surface area contributed by atoms with Gasteiger partial charge in [0.2, 0.25) is 11.9 Å². The van der Waals surface area contributed by atoms with Gasteiger partial charge in [-0.05, 0) is 38.5 Å². The van der Waals surface area contributed by atoms with Crippen molar-refractivity contribution >= 4 is 11.7 Å². The van der Waals surface area contributed by atoms with Gasteiger partial charge in [0, 0.05) is 43.3 Å². The van der Waals surface area contributed by atoms with Gasteiger partial charge in [0.15, 0.2) is 0 Å². The number of carbonyl (C=O) groups excluding carboxylic acids is 1. The summed E-state index contributed by atoms with van der Waals surface area (Å²) >= 11 is 0. The van der Waals surface area contributed by atoms with Gasteiger partial charge < -0.3 is 15.4 Å². The normalized spacial score (nSPS) is 12.0. The topological polar surface area (TPSA) is 94.0 Å². The van der Waals surface area contributed by atoms with Crippen molar-refractivity contribution in [3.63, 3.8) is 0 Å². The van der Waals surface area contributed by atoms with E-state index < -0.39 is 0 Å². The van der Waals surface area contributed by atoms with E-state index in [1.807, 2.05) is 54.1 Å². The lowest BCUT2D eigenvalue weighted by Gasteiger charge is -2.21. The SMILES string of the molecule is CCCCc1cc(N[C@@H](CC(C)C)C(=O)NCCCOCC)nc(-n2cnc(-c3ccccc3)c2)n1. The predicted octanol–water partition coefficient (Wildman–Crippen LogP) is 5.04. The highest BCUT2D eigenvalue weighted by Crippen LogP contribution is 2.20. The average molecular weight is 493 g/mol. The smallest absolute Gasteiger partial charge is 0.242 e. The van der Waals surface area contributed by atoms with Crippen LogP contribution < -0.4 is 10.6 Å². The molecule has 0 bridgehead atoms. The molecule has 0 saturated carbocycles. The van der Waals surface area contributed by atoms with E-state index in [1.165, 1.54) is 0 Å². The predicted molar refractivity (Wildman–Crippen MR) is 144 cm³/mol. The Morgan fingerprint density at radius 2 is 1.92 bits per heavy atom. The van der Waals surface area contributed by atoms with Crippen LogP contribution in [0.2, 0.25) is 0 Å². The number of imidazole rings is 1. The number of aryl methyl sites for hydroxylation is 1. The summed E-state index contributed by atoms with van der Waals surface area (Å²) in [7, 11) is 0. The molecule has 8 heteroatoms. The maximum atomic E-state index is 13.0.